The number of aromatic nitrogens is 6. The molecule has 196 valence electrons. The van der Waals surface area contributed by atoms with Crippen LogP contribution in [0.2, 0.25) is 0 Å². The van der Waals surface area contributed by atoms with Crippen molar-refractivity contribution in [2.24, 2.45) is 0 Å². The van der Waals surface area contributed by atoms with E-state index in [0.717, 1.165) is 11.4 Å². The molecule has 0 saturated carbocycles. The van der Waals surface area contributed by atoms with E-state index in [9.17, 15) is 17.2 Å². The monoisotopic (exact) mass is 558 g/mol. The minimum Gasteiger partial charge on any atom is -0.373 e. The van der Waals surface area contributed by atoms with Gasteiger partial charge >= 0.3 is 0 Å². The number of imidazole rings is 1. The molecule has 0 saturated heterocycles. The molecule has 0 aliphatic carbocycles. The summed E-state index contributed by atoms with van der Waals surface area (Å²) in [5.41, 5.74) is 3.14. The topological polar surface area (TPSA) is 140 Å². The molecule has 5 heterocycles. The first-order chi connectivity index (χ1) is 18.3. The Morgan fingerprint density at radius 1 is 1.11 bits per heavy atom. The highest BCUT2D eigenvalue weighted by Crippen LogP contribution is 2.34. The van der Waals surface area contributed by atoms with Crippen molar-refractivity contribution in [1.82, 2.24) is 29.7 Å². The minimum atomic E-state index is -3.00. The van der Waals surface area contributed by atoms with Gasteiger partial charge in [-0.05, 0) is 25.1 Å². The van der Waals surface area contributed by atoms with E-state index < -0.39 is 23.0 Å². The van der Waals surface area contributed by atoms with E-state index in [-0.39, 0.29) is 27.4 Å². The van der Waals surface area contributed by atoms with E-state index in [2.05, 4.69) is 35.7 Å². The predicted molar refractivity (Wildman–Crippen MR) is 138 cm³/mol. The van der Waals surface area contributed by atoms with Crippen LogP contribution < -0.4 is 10.6 Å². The fraction of sp³-hybridized carbons (Fsp3) is 0.217. The summed E-state index contributed by atoms with van der Waals surface area (Å²) in [4.78, 5) is 15.4. The highest BCUT2D eigenvalue weighted by atomic mass is 32.2. The van der Waals surface area contributed by atoms with E-state index in [4.69, 9.17) is 4.74 Å². The Kier molecular flexibility index (Phi) is 6.25. The van der Waals surface area contributed by atoms with Crippen LogP contribution in [-0.2, 0) is 28.6 Å². The van der Waals surface area contributed by atoms with E-state index in [1.54, 1.807) is 18.2 Å². The summed E-state index contributed by atoms with van der Waals surface area (Å²) < 4.78 is 58.5. The fourth-order valence-corrected chi connectivity index (χ4v) is 5.48. The van der Waals surface area contributed by atoms with Gasteiger partial charge in [0.15, 0.2) is 28.0 Å². The quantitative estimate of drug-likeness (QED) is 0.212. The molecular weight excluding hydrogens is 538 g/mol. The smallest absolute Gasteiger partial charge is 0.295 e. The van der Waals surface area contributed by atoms with Crippen LogP contribution in [0.3, 0.4) is 0 Å². The van der Waals surface area contributed by atoms with Crippen molar-refractivity contribution in [2.45, 2.75) is 31.4 Å². The highest BCUT2D eigenvalue weighted by Gasteiger charge is 2.20. The summed E-state index contributed by atoms with van der Waals surface area (Å²) in [5, 5.41) is 13.2. The van der Waals surface area contributed by atoms with Crippen molar-refractivity contribution < 1.29 is 21.9 Å². The van der Waals surface area contributed by atoms with Crippen LogP contribution in [0.25, 0.3) is 21.7 Å². The summed E-state index contributed by atoms with van der Waals surface area (Å²) in [6, 6.07) is 8.25. The third kappa shape index (κ3) is 4.70. The Morgan fingerprint density at radius 2 is 1.97 bits per heavy atom. The SMILES string of the molecule is Cc1csc(-c2ccc(Nc3cc(Nc4cc5n(n4)CCOC5)nc4[nH]c(C(F)F)nc34)c([SH](=O)=O)c2)n1. The molecule has 0 atom stereocenters. The number of benzene rings is 1. The van der Waals surface area contributed by atoms with E-state index >= 15 is 0 Å². The number of aromatic amines is 1. The number of pyridine rings is 1. The van der Waals surface area contributed by atoms with E-state index in [0.29, 0.717) is 42.0 Å². The molecule has 0 fully saturated rings. The fourth-order valence-electron chi connectivity index (χ4n) is 4.11. The standard InChI is InChI=1S/C23H20F2N8O3S2/c1-11-10-37-23(26-11)12-2-3-14(16(6-12)38(34)35)27-15-8-17(29-21-19(15)30-22(31-21)20(24)25)28-18-7-13-9-36-5-4-33(13)32-18/h2-3,6-8,10,20,38H,4-5,9H2,1H3,(H3,27,28,29,30,31,32). The molecule has 1 aliphatic heterocycles. The van der Waals surface area contributed by atoms with Crippen LogP contribution in [0.4, 0.5) is 31.8 Å². The van der Waals surface area contributed by atoms with Gasteiger partial charge in [-0.15, -0.1) is 11.3 Å². The third-order valence-electron chi connectivity index (χ3n) is 5.82. The summed E-state index contributed by atoms with van der Waals surface area (Å²) in [7, 11) is -3.00. The molecule has 0 spiro atoms. The highest BCUT2D eigenvalue weighted by molar-refractivity contribution is 7.72. The molecule has 5 aromatic rings. The zero-order valence-corrected chi connectivity index (χ0v) is 21.4. The average Bonchev–Trinajstić information content (AvgIpc) is 3.62. The van der Waals surface area contributed by atoms with Gasteiger partial charge in [-0.1, -0.05) is 0 Å². The number of aryl methyl sites for hydroxylation is 1. The summed E-state index contributed by atoms with van der Waals surface area (Å²) in [6.07, 6.45) is -2.85. The lowest BCUT2D eigenvalue weighted by molar-refractivity contribution is 0.0801. The van der Waals surface area contributed by atoms with Crippen molar-refractivity contribution in [3.8, 4) is 10.6 Å². The van der Waals surface area contributed by atoms with Gasteiger partial charge in [-0.3, -0.25) is 4.68 Å². The van der Waals surface area contributed by atoms with Crippen LogP contribution in [0.5, 0.6) is 0 Å². The number of halogens is 2. The number of hydrogen-bond donors (Lipinski definition) is 4. The molecule has 3 N–H and O–H groups in total. The first kappa shape index (κ1) is 24.4. The van der Waals surface area contributed by atoms with Gasteiger partial charge in [0.1, 0.15) is 16.3 Å². The number of fused-ring (bicyclic) bond motifs is 2. The lowest BCUT2D eigenvalue weighted by atomic mass is 10.2. The van der Waals surface area contributed by atoms with Crippen LogP contribution in [-0.4, -0.2) is 44.7 Å². The second-order valence-corrected chi connectivity index (χ2v) is 10.4. The Labute approximate surface area is 219 Å². The van der Waals surface area contributed by atoms with Gasteiger partial charge < -0.3 is 20.4 Å². The number of thiazole rings is 1. The number of hydrogen-bond acceptors (Lipinski definition) is 10. The molecule has 0 unspecified atom stereocenters. The molecule has 15 heteroatoms. The zero-order valence-electron chi connectivity index (χ0n) is 19.7. The van der Waals surface area contributed by atoms with Crippen LogP contribution in [0, 0.1) is 6.92 Å². The second kappa shape index (κ2) is 9.74. The van der Waals surface area contributed by atoms with Gasteiger partial charge in [0, 0.05) is 28.8 Å². The summed E-state index contributed by atoms with van der Waals surface area (Å²) in [6.45, 7) is 3.46. The number of rotatable bonds is 7. The normalized spacial score (nSPS) is 13.4. The third-order valence-corrected chi connectivity index (χ3v) is 7.60. The first-order valence-corrected chi connectivity index (χ1v) is 13.5. The maximum Gasteiger partial charge on any atom is 0.295 e. The van der Waals surface area contributed by atoms with Crippen molar-refractivity contribution in [3.05, 3.63) is 52.9 Å². The molecular formula is C23H20F2N8O3S2. The molecule has 4 aromatic heterocycles. The molecule has 0 bridgehead atoms. The van der Waals surface area contributed by atoms with Crippen molar-refractivity contribution in [2.75, 3.05) is 17.2 Å². The van der Waals surface area contributed by atoms with Gasteiger partial charge in [-0.25, -0.2) is 32.2 Å². The summed E-state index contributed by atoms with van der Waals surface area (Å²) in [5.74, 6) is 0.249. The summed E-state index contributed by atoms with van der Waals surface area (Å²) >= 11 is 1.41. The molecule has 0 amide bonds. The van der Waals surface area contributed by atoms with Crippen LogP contribution in [0.1, 0.15) is 23.6 Å². The number of nitrogens with zero attached hydrogens (tertiary/aromatic N) is 5. The second-order valence-electron chi connectivity index (χ2n) is 8.50. The van der Waals surface area contributed by atoms with Gasteiger partial charge in [0.05, 0.1) is 41.7 Å². The Morgan fingerprint density at radius 3 is 2.71 bits per heavy atom. The van der Waals surface area contributed by atoms with Crippen LogP contribution in [0.15, 0.2) is 40.6 Å². The predicted octanol–water partition coefficient (Wildman–Crippen LogP) is 4.51. The lowest BCUT2D eigenvalue weighted by Gasteiger charge is -2.13. The Balaban J connectivity index is 1.40. The maximum atomic E-state index is 13.5. The maximum absolute atomic E-state index is 13.5. The molecule has 0 radical (unpaired) electrons. The lowest BCUT2D eigenvalue weighted by Crippen LogP contribution is -2.16. The van der Waals surface area contributed by atoms with Crippen molar-refractivity contribution in [1.29, 1.82) is 0 Å². The molecule has 11 nitrogen and oxygen atoms in total. The van der Waals surface area contributed by atoms with Gasteiger partial charge in [0.25, 0.3) is 6.43 Å². The number of anilines is 4. The molecule has 38 heavy (non-hydrogen) atoms. The zero-order chi connectivity index (χ0) is 26.4. The van der Waals surface area contributed by atoms with Gasteiger partial charge in [-0.2, -0.15) is 5.10 Å². The largest absolute Gasteiger partial charge is 0.373 e. The van der Waals surface area contributed by atoms with Crippen LogP contribution >= 0.6 is 11.3 Å². The number of alkyl halides is 2. The van der Waals surface area contributed by atoms with Gasteiger partial charge in [0.2, 0.25) is 0 Å². The van der Waals surface area contributed by atoms with E-state index in [1.165, 1.54) is 17.4 Å². The molecule has 1 aliphatic rings. The van der Waals surface area contributed by atoms with Crippen molar-refractivity contribution >= 4 is 56.2 Å². The number of thiol groups is 1. The Hall–Kier alpha value is -3.95. The average molecular weight is 559 g/mol. The first-order valence-electron chi connectivity index (χ1n) is 11.4. The molecule has 1 aromatic carbocycles. The number of H-pyrrole nitrogens is 1. The van der Waals surface area contributed by atoms with Crippen molar-refractivity contribution in [3.63, 3.8) is 0 Å². The Bertz CT molecular complexity index is 1710. The minimum absolute atomic E-state index is 0.0243. The van der Waals surface area contributed by atoms with E-state index in [1.807, 2.05) is 23.1 Å². The number of nitrogens with one attached hydrogen (secondary N) is 3. The number of ether oxygens (including phenoxy) is 1. The molecule has 6 rings (SSSR count).